The van der Waals surface area contributed by atoms with Crippen molar-refractivity contribution < 1.29 is 14.7 Å². The second-order valence-electron chi connectivity index (χ2n) is 7.22. The average Bonchev–Trinajstić information content (AvgIpc) is 2.53. The van der Waals surface area contributed by atoms with Crippen molar-refractivity contribution in [3.8, 4) is 0 Å². The average molecular weight is 334 g/mol. The van der Waals surface area contributed by atoms with Gasteiger partial charge in [0.05, 0.1) is 6.10 Å². The fraction of sp³-hybridized carbons (Fsp3) is 0.579. The molecular weight excluding hydrogens is 304 g/mol. The molecule has 1 aromatic rings. The third kappa shape index (κ3) is 5.64. The monoisotopic (exact) mass is 334 g/mol. The summed E-state index contributed by atoms with van der Waals surface area (Å²) in [7, 11) is 0. The molecule has 5 heteroatoms. The molecule has 0 aliphatic carbocycles. The Balaban J connectivity index is 2.65. The number of nitrogens with one attached hydrogen (secondary N) is 2. The highest BCUT2D eigenvalue weighted by atomic mass is 16.3. The summed E-state index contributed by atoms with van der Waals surface area (Å²) >= 11 is 0. The number of aliphatic hydroxyl groups is 1. The molecule has 0 aliphatic heterocycles. The predicted octanol–water partition coefficient (Wildman–Crippen LogP) is 2.74. The van der Waals surface area contributed by atoms with Crippen LogP contribution in [0.15, 0.2) is 24.3 Å². The van der Waals surface area contributed by atoms with E-state index in [9.17, 15) is 14.7 Å². The molecule has 1 aromatic carbocycles. The van der Waals surface area contributed by atoms with Crippen LogP contribution in [0.4, 0.5) is 5.69 Å². The number of amides is 2. The van der Waals surface area contributed by atoms with E-state index in [-0.39, 0.29) is 12.5 Å². The van der Waals surface area contributed by atoms with Gasteiger partial charge in [-0.1, -0.05) is 59.2 Å². The Morgan fingerprint density at radius 2 is 1.79 bits per heavy atom. The maximum atomic E-state index is 12.1. The van der Waals surface area contributed by atoms with Crippen LogP contribution in [0.1, 0.15) is 46.6 Å². The molecule has 134 valence electrons. The largest absolute Gasteiger partial charge is 0.392 e. The van der Waals surface area contributed by atoms with Crippen molar-refractivity contribution in [2.75, 3.05) is 11.9 Å². The van der Waals surface area contributed by atoms with E-state index in [1.54, 1.807) is 6.07 Å². The summed E-state index contributed by atoms with van der Waals surface area (Å²) in [6.45, 7) is 9.87. The van der Waals surface area contributed by atoms with Crippen molar-refractivity contribution in [1.29, 1.82) is 0 Å². The maximum absolute atomic E-state index is 12.1. The van der Waals surface area contributed by atoms with E-state index in [0.717, 1.165) is 18.4 Å². The maximum Gasteiger partial charge on any atom is 0.313 e. The van der Waals surface area contributed by atoms with Gasteiger partial charge < -0.3 is 15.7 Å². The van der Waals surface area contributed by atoms with Gasteiger partial charge in [-0.05, 0) is 24.0 Å². The van der Waals surface area contributed by atoms with Gasteiger partial charge in [0.15, 0.2) is 0 Å². The number of carbonyl (C=O) groups excluding carboxylic acids is 2. The van der Waals surface area contributed by atoms with Crippen LogP contribution in [0.5, 0.6) is 0 Å². The number of para-hydroxylation sites is 1. The zero-order chi connectivity index (χ0) is 18.3. The van der Waals surface area contributed by atoms with Gasteiger partial charge in [0, 0.05) is 17.6 Å². The van der Waals surface area contributed by atoms with E-state index in [1.165, 1.54) is 0 Å². The molecule has 1 unspecified atom stereocenters. The van der Waals surface area contributed by atoms with Gasteiger partial charge in [-0.25, -0.2) is 0 Å². The lowest BCUT2D eigenvalue weighted by Gasteiger charge is -2.33. The summed E-state index contributed by atoms with van der Waals surface area (Å²) < 4.78 is 0. The molecule has 1 atom stereocenters. The van der Waals surface area contributed by atoms with E-state index >= 15 is 0 Å². The molecule has 0 heterocycles. The van der Waals surface area contributed by atoms with Crippen LogP contribution in [0.25, 0.3) is 0 Å². The van der Waals surface area contributed by atoms with Gasteiger partial charge in [-0.15, -0.1) is 0 Å². The first-order valence-corrected chi connectivity index (χ1v) is 8.54. The van der Waals surface area contributed by atoms with Crippen LogP contribution < -0.4 is 10.6 Å². The molecule has 0 spiro atoms. The lowest BCUT2D eigenvalue weighted by molar-refractivity contribution is -0.136. The number of hydrogen-bond acceptors (Lipinski definition) is 3. The highest BCUT2D eigenvalue weighted by Gasteiger charge is 2.31. The number of carbonyl (C=O) groups is 2. The second-order valence-corrected chi connectivity index (χ2v) is 7.22. The Labute approximate surface area is 144 Å². The summed E-state index contributed by atoms with van der Waals surface area (Å²) in [5.41, 5.74) is 1.17. The first kappa shape index (κ1) is 20.2. The van der Waals surface area contributed by atoms with E-state index < -0.39 is 23.3 Å². The molecule has 0 saturated heterocycles. The van der Waals surface area contributed by atoms with Gasteiger partial charge in [0.25, 0.3) is 0 Å². The smallest absolute Gasteiger partial charge is 0.313 e. The number of rotatable bonds is 7. The van der Waals surface area contributed by atoms with Crippen molar-refractivity contribution >= 4 is 17.5 Å². The highest BCUT2D eigenvalue weighted by molar-refractivity contribution is 6.39. The van der Waals surface area contributed by atoms with E-state index in [1.807, 2.05) is 45.9 Å². The zero-order valence-electron chi connectivity index (χ0n) is 15.3. The third-order valence-corrected chi connectivity index (χ3v) is 4.13. The van der Waals surface area contributed by atoms with E-state index in [2.05, 4.69) is 17.6 Å². The van der Waals surface area contributed by atoms with Crippen LogP contribution >= 0.6 is 0 Å². The lowest BCUT2D eigenvalue weighted by atomic mass is 9.81. The van der Waals surface area contributed by atoms with E-state index in [0.29, 0.717) is 5.69 Å². The molecule has 0 aromatic heterocycles. The molecular formula is C19H30N2O3. The van der Waals surface area contributed by atoms with Crippen molar-refractivity contribution in [3.05, 3.63) is 29.8 Å². The lowest BCUT2D eigenvalue weighted by Crippen LogP contribution is -2.46. The summed E-state index contributed by atoms with van der Waals surface area (Å²) in [5.74, 6) is -1.30. The quantitative estimate of drug-likeness (QED) is 0.671. The van der Waals surface area contributed by atoms with Crippen LogP contribution in [-0.4, -0.2) is 29.6 Å². The number of benzene rings is 1. The summed E-state index contributed by atoms with van der Waals surface area (Å²) in [4.78, 5) is 24.2. The van der Waals surface area contributed by atoms with Gasteiger partial charge in [0.1, 0.15) is 0 Å². The Kier molecular flexibility index (Phi) is 7.42. The van der Waals surface area contributed by atoms with Crippen LogP contribution in [0, 0.1) is 11.3 Å². The van der Waals surface area contributed by atoms with Crippen molar-refractivity contribution in [2.45, 2.75) is 53.6 Å². The molecule has 0 aliphatic rings. The first-order chi connectivity index (χ1) is 11.2. The number of hydrogen-bond donors (Lipinski definition) is 3. The van der Waals surface area contributed by atoms with Crippen LogP contribution in [0.3, 0.4) is 0 Å². The van der Waals surface area contributed by atoms with Gasteiger partial charge in [-0.3, -0.25) is 9.59 Å². The Hall–Kier alpha value is -1.88. The Bertz CT molecular complexity index is 567. The number of anilines is 1. The molecule has 24 heavy (non-hydrogen) atoms. The Morgan fingerprint density at radius 1 is 1.17 bits per heavy atom. The normalized spacial score (nSPS) is 12.8. The SMILES string of the molecule is CCCc1ccccc1NC(=O)C(=O)NCC(C)(C)C(O)C(C)C. The summed E-state index contributed by atoms with van der Waals surface area (Å²) in [5, 5.41) is 15.5. The molecule has 0 radical (unpaired) electrons. The molecule has 0 fully saturated rings. The van der Waals surface area contributed by atoms with Crippen molar-refractivity contribution in [3.63, 3.8) is 0 Å². The van der Waals surface area contributed by atoms with Crippen LogP contribution in [-0.2, 0) is 16.0 Å². The second kappa shape index (κ2) is 8.83. The van der Waals surface area contributed by atoms with Gasteiger partial charge >= 0.3 is 11.8 Å². The number of aliphatic hydroxyl groups excluding tert-OH is 1. The minimum absolute atomic E-state index is 0.0756. The molecule has 0 bridgehead atoms. The molecule has 3 N–H and O–H groups in total. The molecule has 1 rings (SSSR count). The summed E-state index contributed by atoms with van der Waals surface area (Å²) in [6.07, 6.45) is 1.23. The fourth-order valence-corrected chi connectivity index (χ4v) is 2.70. The predicted molar refractivity (Wildman–Crippen MR) is 96.7 cm³/mol. The minimum atomic E-state index is -0.690. The highest BCUT2D eigenvalue weighted by Crippen LogP contribution is 2.25. The molecule has 0 saturated carbocycles. The topological polar surface area (TPSA) is 78.4 Å². The summed E-state index contributed by atoms with van der Waals surface area (Å²) in [6, 6.07) is 7.48. The molecule has 2 amide bonds. The third-order valence-electron chi connectivity index (χ3n) is 4.13. The van der Waals surface area contributed by atoms with Crippen molar-refractivity contribution in [1.82, 2.24) is 5.32 Å². The van der Waals surface area contributed by atoms with Crippen molar-refractivity contribution in [2.24, 2.45) is 11.3 Å². The minimum Gasteiger partial charge on any atom is -0.392 e. The first-order valence-electron chi connectivity index (χ1n) is 8.54. The fourth-order valence-electron chi connectivity index (χ4n) is 2.70. The van der Waals surface area contributed by atoms with E-state index in [4.69, 9.17) is 0 Å². The Morgan fingerprint density at radius 3 is 2.38 bits per heavy atom. The van der Waals surface area contributed by atoms with Gasteiger partial charge in [-0.2, -0.15) is 0 Å². The molecule has 5 nitrogen and oxygen atoms in total. The zero-order valence-corrected chi connectivity index (χ0v) is 15.3. The number of aryl methyl sites for hydroxylation is 1. The standard InChI is InChI=1S/C19H30N2O3/c1-6-9-14-10-7-8-11-15(14)21-18(24)17(23)20-12-19(4,5)16(22)13(2)3/h7-8,10-11,13,16,22H,6,9,12H2,1-5H3,(H,20,23)(H,21,24). The van der Waals surface area contributed by atoms with Gasteiger partial charge in [0.2, 0.25) is 0 Å². The van der Waals surface area contributed by atoms with Crippen LogP contribution in [0.2, 0.25) is 0 Å².